The molecule has 0 fully saturated rings. The number of benzene rings is 2. The second kappa shape index (κ2) is 7.32. The summed E-state index contributed by atoms with van der Waals surface area (Å²) >= 11 is 5.86. The normalized spacial score (nSPS) is 11.8. The number of ether oxygens (including phenoxy) is 1. The van der Waals surface area contributed by atoms with Crippen LogP contribution in [-0.4, -0.2) is 12.5 Å². The maximum Gasteiger partial charge on any atom is 0.258 e. The Balaban J connectivity index is 1.90. The van der Waals surface area contributed by atoms with E-state index in [0.29, 0.717) is 5.02 Å². The van der Waals surface area contributed by atoms with Crippen LogP contribution >= 0.6 is 11.6 Å². The van der Waals surface area contributed by atoms with Crippen LogP contribution in [0.15, 0.2) is 42.5 Å². The van der Waals surface area contributed by atoms with Gasteiger partial charge in [-0.15, -0.1) is 0 Å². The van der Waals surface area contributed by atoms with Gasteiger partial charge < -0.3 is 10.1 Å². The van der Waals surface area contributed by atoms with Gasteiger partial charge >= 0.3 is 0 Å². The van der Waals surface area contributed by atoms with Gasteiger partial charge in [0.05, 0.1) is 6.04 Å². The van der Waals surface area contributed by atoms with Gasteiger partial charge in [-0.2, -0.15) is 0 Å². The third-order valence-corrected chi connectivity index (χ3v) is 3.70. The first kappa shape index (κ1) is 16.4. The first-order valence-electron chi connectivity index (χ1n) is 7.20. The molecule has 0 aliphatic heterocycles. The summed E-state index contributed by atoms with van der Waals surface area (Å²) in [4.78, 5) is 12.0. The quantitative estimate of drug-likeness (QED) is 0.897. The first-order valence-corrected chi connectivity index (χ1v) is 7.58. The number of hydrogen-bond acceptors (Lipinski definition) is 2. The molecule has 0 saturated carbocycles. The van der Waals surface area contributed by atoms with Crippen LogP contribution < -0.4 is 10.1 Å². The fourth-order valence-electron chi connectivity index (χ4n) is 2.12. The Hall–Kier alpha value is -2.00. The average Bonchev–Trinajstić information content (AvgIpc) is 2.49. The highest BCUT2D eigenvalue weighted by Crippen LogP contribution is 2.19. The van der Waals surface area contributed by atoms with Crippen LogP contribution in [0.5, 0.6) is 5.75 Å². The lowest BCUT2D eigenvalue weighted by Crippen LogP contribution is -2.31. The van der Waals surface area contributed by atoms with E-state index in [1.165, 1.54) is 0 Å². The van der Waals surface area contributed by atoms with E-state index in [1.54, 1.807) is 0 Å². The number of carbonyl (C=O) groups is 1. The van der Waals surface area contributed by atoms with Crippen molar-refractivity contribution in [3.8, 4) is 5.75 Å². The van der Waals surface area contributed by atoms with Crippen LogP contribution in [0.2, 0.25) is 5.02 Å². The van der Waals surface area contributed by atoms with Crippen molar-refractivity contribution in [1.29, 1.82) is 0 Å². The molecule has 2 aromatic carbocycles. The molecule has 116 valence electrons. The Morgan fingerprint density at radius 3 is 2.55 bits per heavy atom. The number of rotatable bonds is 5. The Morgan fingerprint density at radius 2 is 1.86 bits per heavy atom. The third kappa shape index (κ3) is 4.50. The van der Waals surface area contributed by atoms with Gasteiger partial charge in [-0.25, -0.2) is 0 Å². The predicted molar refractivity (Wildman–Crippen MR) is 89.4 cm³/mol. The molecule has 1 unspecified atom stereocenters. The Bertz CT molecular complexity index is 653. The van der Waals surface area contributed by atoms with Gasteiger partial charge in [-0.05, 0) is 55.7 Å². The van der Waals surface area contributed by atoms with Crippen molar-refractivity contribution >= 4 is 17.5 Å². The molecule has 0 heterocycles. The van der Waals surface area contributed by atoms with Crippen LogP contribution in [0, 0.1) is 13.8 Å². The van der Waals surface area contributed by atoms with Crippen molar-refractivity contribution < 1.29 is 9.53 Å². The van der Waals surface area contributed by atoms with Crippen LogP contribution in [-0.2, 0) is 4.79 Å². The van der Waals surface area contributed by atoms with Crippen molar-refractivity contribution in [2.45, 2.75) is 26.8 Å². The monoisotopic (exact) mass is 317 g/mol. The molecule has 0 aliphatic rings. The Kier molecular flexibility index (Phi) is 5.45. The van der Waals surface area contributed by atoms with Gasteiger partial charge in [-0.1, -0.05) is 35.9 Å². The minimum atomic E-state index is -0.150. The number of aryl methyl sites for hydroxylation is 2. The summed E-state index contributed by atoms with van der Waals surface area (Å²) in [6.45, 7) is 5.89. The Labute approximate surface area is 136 Å². The molecular weight excluding hydrogens is 298 g/mol. The van der Waals surface area contributed by atoms with Gasteiger partial charge in [0.25, 0.3) is 5.91 Å². The number of hydrogen-bond donors (Lipinski definition) is 1. The van der Waals surface area contributed by atoms with E-state index in [2.05, 4.69) is 5.32 Å². The zero-order valence-electron chi connectivity index (χ0n) is 13.0. The maximum atomic E-state index is 12.0. The van der Waals surface area contributed by atoms with Gasteiger partial charge in [0, 0.05) is 5.02 Å². The van der Waals surface area contributed by atoms with Gasteiger partial charge in [0.15, 0.2) is 6.61 Å². The molecule has 0 saturated heterocycles. The summed E-state index contributed by atoms with van der Waals surface area (Å²) in [6.07, 6.45) is 0. The zero-order chi connectivity index (χ0) is 16.1. The SMILES string of the molecule is Cc1ccc(C)c(OCC(=O)NC(C)c2ccc(Cl)cc2)c1. The molecule has 0 bridgehead atoms. The van der Waals surface area contributed by atoms with E-state index in [0.717, 1.165) is 22.4 Å². The summed E-state index contributed by atoms with van der Waals surface area (Å²) in [5.74, 6) is 0.595. The van der Waals surface area contributed by atoms with Crippen LogP contribution in [0.25, 0.3) is 0 Å². The van der Waals surface area contributed by atoms with Crippen molar-refractivity contribution in [1.82, 2.24) is 5.32 Å². The summed E-state index contributed by atoms with van der Waals surface area (Å²) in [5, 5.41) is 3.59. The molecule has 22 heavy (non-hydrogen) atoms. The summed E-state index contributed by atoms with van der Waals surface area (Å²) < 4.78 is 5.60. The van der Waals surface area contributed by atoms with E-state index in [4.69, 9.17) is 16.3 Å². The summed E-state index contributed by atoms with van der Waals surface area (Å²) in [7, 11) is 0. The second-order valence-corrected chi connectivity index (χ2v) is 5.83. The summed E-state index contributed by atoms with van der Waals surface area (Å²) in [5.41, 5.74) is 3.13. The molecule has 2 aromatic rings. The molecule has 0 aliphatic carbocycles. The van der Waals surface area contributed by atoms with E-state index in [9.17, 15) is 4.79 Å². The standard InChI is InChI=1S/C18H20ClNO2/c1-12-4-5-13(2)17(10-12)22-11-18(21)20-14(3)15-6-8-16(19)9-7-15/h4-10,14H,11H2,1-3H3,(H,20,21). The van der Waals surface area contributed by atoms with Gasteiger partial charge in [0.2, 0.25) is 0 Å². The molecule has 1 amide bonds. The fraction of sp³-hybridized carbons (Fsp3) is 0.278. The van der Waals surface area contributed by atoms with E-state index in [-0.39, 0.29) is 18.6 Å². The minimum absolute atomic E-state index is 0.00221. The number of halogens is 1. The average molecular weight is 318 g/mol. The number of amides is 1. The van der Waals surface area contributed by atoms with E-state index in [1.807, 2.05) is 63.2 Å². The minimum Gasteiger partial charge on any atom is -0.483 e. The molecule has 3 nitrogen and oxygen atoms in total. The van der Waals surface area contributed by atoms with Crippen molar-refractivity contribution in [3.63, 3.8) is 0 Å². The second-order valence-electron chi connectivity index (χ2n) is 5.40. The highest BCUT2D eigenvalue weighted by Gasteiger charge is 2.10. The van der Waals surface area contributed by atoms with E-state index >= 15 is 0 Å². The first-order chi connectivity index (χ1) is 10.5. The highest BCUT2D eigenvalue weighted by atomic mass is 35.5. The Morgan fingerprint density at radius 1 is 1.18 bits per heavy atom. The van der Waals surface area contributed by atoms with Crippen molar-refractivity contribution in [2.24, 2.45) is 0 Å². The lowest BCUT2D eigenvalue weighted by atomic mass is 10.1. The lowest BCUT2D eigenvalue weighted by Gasteiger charge is -2.15. The number of carbonyl (C=O) groups excluding carboxylic acids is 1. The molecule has 0 spiro atoms. The third-order valence-electron chi connectivity index (χ3n) is 3.45. The van der Waals surface area contributed by atoms with Crippen LogP contribution in [0.4, 0.5) is 0 Å². The van der Waals surface area contributed by atoms with Crippen molar-refractivity contribution in [3.05, 3.63) is 64.2 Å². The molecule has 0 aromatic heterocycles. The number of nitrogens with one attached hydrogen (secondary N) is 1. The molecule has 0 radical (unpaired) electrons. The smallest absolute Gasteiger partial charge is 0.258 e. The molecule has 1 atom stereocenters. The van der Waals surface area contributed by atoms with Crippen molar-refractivity contribution in [2.75, 3.05) is 6.61 Å². The van der Waals surface area contributed by atoms with E-state index < -0.39 is 0 Å². The van der Waals surface area contributed by atoms with Crippen LogP contribution in [0.3, 0.4) is 0 Å². The zero-order valence-corrected chi connectivity index (χ0v) is 13.8. The fourth-order valence-corrected chi connectivity index (χ4v) is 2.25. The molecule has 1 N–H and O–H groups in total. The van der Waals surface area contributed by atoms with Gasteiger partial charge in [-0.3, -0.25) is 4.79 Å². The van der Waals surface area contributed by atoms with Gasteiger partial charge in [0.1, 0.15) is 5.75 Å². The lowest BCUT2D eigenvalue weighted by molar-refractivity contribution is -0.123. The molecule has 4 heteroatoms. The summed E-state index contributed by atoms with van der Waals surface area (Å²) in [6, 6.07) is 13.3. The highest BCUT2D eigenvalue weighted by molar-refractivity contribution is 6.30. The largest absolute Gasteiger partial charge is 0.483 e. The molecular formula is C18H20ClNO2. The van der Waals surface area contributed by atoms with Crippen LogP contribution in [0.1, 0.15) is 29.7 Å². The topological polar surface area (TPSA) is 38.3 Å². The predicted octanol–water partition coefficient (Wildman–Crippen LogP) is 4.21. The molecule has 2 rings (SSSR count). The maximum absolute atomic E-state index is 12.0.